The van der Waals surface area contributed by atoms with Gasteiger partial charge in [-0.25, -0.2) is 5.43 Å². The Bertz CT molecular complexity index is 1090. The van der Waals surface area contributed by atoms with Gasteiger partial charge in [0.05, 0.1) is 19.1 Å². The van der Waals surface area contributed by atoms with E-state index in [9.17, 15) is 9.59 Å². The lowest BCUT2D eigenvalue weighted by Crippen LogP contribution is -2.19. The van der Waals surface area contributed by atoms with Crippen molar-refractivity contribution in [1.29, 1.82) is 0 Å². The molecule has 0 atom stereocenters. The summed E-state index contributed by atoms with van der Waals surface area (Å²) in [5.74, 6) is 1.00. The third-order valence-corrected chi connectivity index (χ3v) is 7.03. The number of thioether (sulfide) groups is 2. The SMILES string of the molecule is COc1cc(/C=N/NC(=O)CSc2nnc(SCc3ccccc3)s2)ccc1OC(C)=O. The second-order valence-electron chi connectivity index (χ2n) is 6.19. The quantitative estimate of drug-likeness (QED) is 0.150. The predicted molar refractivity (Wildman–Crippen MR) is 127 cm³/mol. The number of ether oxygens (including phenoxy) is 2. The van der Waals surface area contributed by atoms with E-state index in [0.717, 1.165) is 14.4 Å². The van der Waals surface area contributed by atoms with Crippen molar-refractivity contribution < 1.29 is 19.1 Å². The molecule has 0 unspecified atom stereocenters. The number of carbonyl (C=O) groups excluding carboxylic acids is 2. The van der Waals surface area contributed by atoms with Crippen molar-refractivity contribution in [2.75, 3.05) is 12.9 Å². The van der Waals surface area contributed by atoms with Crippen LogP contribution in [-0.4, -0.2) is 41.2 Å². The number of esters is 1. The molecule has 0 saturated carbocycles. The number of nitrogens with zero attached hydrogens (tertiary/aromatic N) is 3. The standard InChI is InChI=1S/C21H20N4O4S3/c1-14(26)29-17-9-8-16(10-18(17)28-2)11-22-23-19(27)13-31-21-25-24-20(32-21)30-12-15-6-4-3-5-7-15/h3-11H,12-13H2,1-2H3,(H,23,27)/b22-11+. The highest BCUT2D eigenvalue weighted by atomic mass is 32.2. The summed E-state index contributed by atoms with van der Waals surface area (Å²) in [6.45, 7) is 1.31. The van der Waals surface area contributed by atoms with Crippen LogP contribution in [0.2, 0.25) is 0 Å². The first-order valence-electron chi connectivity index (χ1n) is 9.35. The Labute approximate surface area is 197 Å². The molecule has 3 aromatic rings. The molecular weight excluding hydrogens is 468 g/mol. The van der Waals surface area contributed by atoms with Gasteiger partial charge < -0.3 is 9.47 Å². The minimum absolute atomic E-state index is 0.171. The summed E-state index contributed by atoms with van der Waals surface area (Å²) in [4.78, 5) is 23.2. The number of nitrogens with one attached hydrogen (secondary N) is 1. The van der Waals surface area contributed by atoms with Gasteiger partial charge in [0.25, 0.3) is 5.91 Å². The van der Waals surface area contributed by atoms with Crippen LogP contribution in [0, 0.1) is 0 Å². The van der Waals surface area contributed by atoms with E-state index in [-0.39, 0.29) is 11.7 Å². The summed E-state index contributed by atoms with van der Waals surface area (Å²) >= 11 is 4.38. The molecule has 11 heteroatoms. The number of hydrazone groups is 1. The monoisotopic (exact) mass is 488 g/mol. The van der Waals surface area contributed by atoms with Gasteiger partial charge >= 0.3 is 5.97 Å². The molecule has 0 radical (unpaired) electrons. The highest BCUT2D eigenvalue weighted by Crippen LogP contribution is 2.30. The van der Waals surface area contributed by atoms with Crippen LogP contribution in [0.1, 0.15) is 18.1 Å². The normalized spacial score (nSPS) is 10.8. The number of aromatic nitrogens is 2. The second-order valence-corrected chi connectivity index (χ2v) is 9.62. The fourth-order valence-electron chi connectivity index (χ4n) is 2.38. The average Bonchev–Trinajstić information content (AvgIpc) is 3.25. The fourth-order valence-corrected chi connectivity index (χ4v) is 5.14. The minimum Gasteiger partial charge on any atom is -0.493 e. The maximum absolute atomic E-state index is 12.0. The summed E-state index contributed by atoms with van der Waals surface area (Å²) in [5.41, 5.74) is 4.37. The smallest absolute Gasteiger partial charge is 0.308 e. The fraction of sp³-hybridized carbons (Fsp3) is 0.190. The van der Waals surface area contributed by atoms with E-state index in [4.69, 9.17) is 9.47 Å². The molecule has 32 heavy (non-hydrogen) atoms. The van der Waals surface area contributed by atoms with Crippen LogP contribution in [0.5, 0.6) is 11.5 Å². The molecule has 0 aliphatic rings. The van der Waals surface area contributed by atoms with Crippen molar-refractivity contribution in [2.45, 2.75) is 21.4 Å². The molecule has 3 rings (SSSR count). The number of rotatable bonds is 10. The maximum Gasteiger partial charge on any atom is 0.308 e. The molecule has 0 bridgehead atoms. The van der Waals surface area contributed by atoms with Crippen LogP contribution in [-0.2, 0) is 15.3 Å². The Morgan fingerprint density at radius 1 is 1.09 bits per heavy atom. The zero-order valence-corrected chi connectivity index (χ0v) is 19.8. The number of amides is 1. The minimum atomic E-state index is -0.438. The van der Waals surface area contributed by atoms with Crippen molar-refractivity contribution in [1.82, 2.24) is 15.6 Å². The van der Waals surface area contributed by atoms with Crippen LogP contribution in [0.3, 0.4) is 0 Å². The number of hydrogen-bond acceptors (Lipinski definition) is 10. The zero-order chi connectivity index (χ0) is 22.8. The third-order valence-electron chi connectivity index (χ3n) is 3.76. The Hall–Kier alpha value is -2.89. The second kappa shape index (κ2) is 12.2. The van der Waals surface area contributed by atoms with Crippen molar-refractivity contribution in [3.05, 3.63) is 59.7 Å². The first-order chi connectivity index (χ1) is 15.5. The Balaban J connectivity index is 1.44. The molecular formula is C21H20N4O4S3. The lowest BCUT2D eigenvalue weighted by atomic mass is 10.2. The third kappa shape index (κ3) is 7.66. The Kier molecular flexibility index (Phi) is 9.08. The van der Waals surface area contributed by atoms with Crippen LogP contribution >= 0.6 is 34.9 Å². The van der Waals surface area contributed by atoms with Gasteiger partial charge in [-0.15, -0.1) is 10.2 Å². The van der Waals surface area contributed by atoms with Gasteiger partial charge in [0.2, 0.25) is 0 Å². The zero-order valence-electron chi connectivity index (χ0n) is 17.3. The summed E-state index contributed by atoms with van der Waals surface area (Å²) in [6, 6.07) is 15.1. The van der Waals surface area contributed by atoms with Crippen molar-refractivity contribution in [3.63, 3.8) is 0 Å². The molecule has 0 aliphatic heterocycles. The van der Waals surface area contributed by atoms with Gasteiger partial charge in [-0.05, 0) is 29.3 Å². The molecule has 8 nitrogen and oxygen atoms in total. The number of carbonyl (C=O) groups is 2. The molecule has 1 aromatic heterocycles. The molecule has 0 spiro atoms. The molecule has 1 amide bonds. The van der Waals surface area contributed by atoms with Gasteiger partial charge in [-0.1, -0.05) is 65.2 Å². The van der Waals surface area contributed by atoms with Gasteiger partial charge in [-0.3, -0.25) is 9.59 Å². The first kappa shape index (κ1) is 23.8. The van der Waals surface area contributed by atoms with Crippen LogP contribution in [0.4, 0.5) is 0 Å². The highest BCUT2D eigenvalue weighted by molar-refractivity contribution is 8.03. The van der Waals surface area contributed by atoms with E-state index < -0.39 is 5.97 Å². The van der Waals surface area contributed by atoms with Crippen LogP contribution in [0.15, 0.2) is 62.3 Å². The number of hydrogen-bond donors (Lipinski definition) is 1. The molecule has 2 aromatic carbocycles. The van der Waals surface area contributed by atoms with E-state index in [2.05, 4.69) is 32.9 Å². The first-order valence-corrected chi connectivity index (χ1v) is 12.1. The van der Waals surface area contributed by atoms with E-state index in [1.54, 1.807) is 30.0 Å². The Morgan fingerprint density at radius 3 is 2.56 bits per heavy atom. The summed E-state index contributed by atoms with van der Waals surface area (Å²) in [6.07, 6.45) is 1.48. The number of methoxy groups -OCH3 is 1. The molecule has 1 N–H and O–H groups in total. The van der Waals surface area contributed by atoms with Crippen molar-refractivity contribution in [3.8, 4) is 11.5 Å². The van der Waals surface area contributed by atoms with Gasteiger partial charge in [-0.2, -0.15) is 5.10 Å². The molecule has 166 valence electrons. The van der Waals surface area contributed by atoms with E-state index in [1.165, 1.54) is 48.9 Å². The van der Waals surface area contributed by atoms with Crippen molar-refractivity contribution in [2.24, 2.45) is 5.10 Å². The highest BCUT2D eigenvalue weighted by Gasteiger charge is 2.09. The topological polar surface area (TPSA) is 103 Å². The van der Waals surface area contributed by atoms with E-state index >= 15 is 0 Å². The van der Waals surface area contributed by atoms with E-state index in [1.807, 2.05) is 18.2 Å². The van der Waals surface area contributed by atoms with Crippen LogP contribution in [0.25, 0.3) is 0 Å². The Morgan fingerprint density at radius 2 is 1.84 bits per heavy atom. The molecule has 1 heterocycles. The summed E-state index contributed by atoms with van der Waals surface area (Å²) in [7, 11) is 1.47. The predicted octanol–water partition coefficient (Wildman–Crippen LogP) is 4.01. The lowest BCUT2D eigenvalue weighted by molar-refractivity contribution is -0.132. The molecule has 0 fully saturated rings. The summed E-state index contributed by atoms with van der Waals surface area (Å²) < 4.78 is 11.8. The molecule has 0 aliphatic carbocycles. The van der Waals surface area contributed by atoms with Crippen molar-refractivity contribution >= 4 is 53.0 Å². The molecule has 0 saturated heterocycles. The lowest BCUT2D eigenvalue weighted by Gasteiger charge is -2.08. The van der Waals surface area contributed by atoms with Gasteiger partial charge in [0, 0.05) is 12.7 Å². The van der Waals surface area contributed by atoms with E-state index in [0.29, 0.717) is 17.1 Å². The number of benzene rings is 2. The van der Waals surface area contributed by atoms with Gasteiger partial charge in [0.1, 0.15) is 0 Å². The average molecular weight is 489 g/mol. The summed E-state index contributed by atoms with van der Waals surface area (Å²) in [5, 5.41) is 12.2. The van der Waals surface area contributed by atoms with Gasteiger partial charge in [0.15, 0.2) is 20.2 Å². The maximum atomic E-state index is 12.0. The van der Waals surface area contributed by atoms with Crippen LogP contribution < -0.4 is 14.9 Å². The largest absolute Gasteiger partial charge is 0.493 e.